The summed E-state index contributed by atoms with van der Waals surface area (Å²) in [5.74, 6) is 0.908. The molecule has 2 N–H and O–H groups in total. The fourth-order valence-electron chi connectivity index (χ4n) is 2.07. The number of hydrogen-bond donors (Lipinski definition) is 1. The highest BCUT2D eigenvalue weighted by atomic mass is 79.9. The number of ether oxygens (including phenoxy) is 1. The normalized spacial score (nSPS) is 15.9. The predicted molar refractivity (Wildman–Crippen MR) is 85.3 cm³/mol. The van der Waals surface area contributed by atoms with E-state index in [1.807, 2.05) is 42.5 Å². The molecule has 0 bridgehead atoms. The zero-order valence-corrected chi connectivity index (χ0v) is 13.2. The van der Waals surface area contributed by atoms with Crippen LogP contribution >= 0.6 is 27.5 Å². The first-order chi connectivity index (χ1) is 9.63. The van der Waals surface area contributed by atoms with Crippen LogP contribution < -0.4 is 10.5 Å². The Kier molecular flexibility index (Phi) is 4.01. The Labute approximate surface area is 132 Å². The van der Waals surface area contributed by atoms with Crippen molar-refractivity contribution in [3.05, 3.63) is 63.1 Å². The van der Waals surface area contributed by atoms with Crippen molar-refractivity contribution in [3.8, 4) is 5.75 Å². The van der Waals surface area contributed by atoms with Crippen molar-refractivity contribution in [1.82, 2.24) is 0 Å². The van der Waals surface area contributed by atoms with Gasteiger partial charge in [-0.2, -0.15) is 0 Å². The molecule has 2 aromatic rings. The van der Waals surface area contributed by atoms with Crippen LogP contribution in [0.2, 0.25) is 5.02 Å². The van der Waals surface area contributed by atoms with Crippen LogP contribution in [0.4, 0.5) is 0 Å². The Hall–Kier alpha value is -1.03. The van der Waals surface area contributed by atoms with Crippen molar-refractivity contribution in [1.29, 1.82) is 0 Å². The third-order valence-electron chi connectivity index (χ3n) is 3.36. The Morgan fingerprint density at radius 3 is 2.45 bits per heavy atom. The van der Waals surface area contributed by atoms with Gasteiger partial charge < -0.3 is 10.5 Å². The van der Waals surface area contributed by atoms with E-state index in [9.17, 15) is 0 Å². The van der Waals surface area contributed by atoms with E-state index in [1.54, 1.807) is 0 Å². The number of halogens is 2. The van der Waals surface area contributed by atoms with Crippen LogP contribution in [0.1, 0.15) is 30.0 Å². The van der Waals surface area contributed by atoms with Crippen LogP contribution in [0, 0.1) is 0 Å². The Morgan fingerprint density at radius 1 is 1.15 bits per heavy atom. The van der Waals surface area contributed by atoms with Gasteiger partial charge in [-0.3, -0.25) is 0 Å². The first-order valence-electron chi connectivity index (χ1n) is 6.60. The molecule has 4 heteroatoms. The molecule has 0 saturated heterocycles. The van der Waals surface area contributed by atoms with E-state index >= 15 is 0 Å². The molecule has 2 nitrogen and oxygen atoms in total. The minimum absolute atomic E-state index is 0.231. The zero-order chi connectivity index (χ0) is 14.1. The van der Waals surface area contributed by atoms with Gasteiger partial charge in [-0.1, -0.05) is 45.7 Å². The number of hydrogen-bond acceptors (Lipinski definition) is 2. The number of rotatable bonds is 4. The minimum Gasteiger partial charge on any atom is -0.490 e. The van der Waals surface area contributed by atoms with Gasteiger partial charge in [0.1, 0.15) is 5.75 Å². The molecule has 1 aliphatic rings. The SMILES string of the molecule is NC(c1ccc(OC2CC2)cc1)c1ccc(Br)cc1Cl. The van der Waals surface area contributed by atoms with Crippen molar-refractivity contribution in [2.24, 2.45) is 5.73 Å². The summed E-state index contributed by atoms with van der Waals surface area (Å²) >= 11 is 9.65. The van der Waals surface area contributed by atoms with E-state index in [-0.39, 0.29) is 6.04 Å². The second-order valence-electron chi connectivity index (χ2n) is 5.03. The molecule has 0 aliphatic heterocycles. The molecule has 1 saturated carbocycles. The van der Waals surface area contributed by atoms with Crippen LogP contribution in [0.15, 0.2) is 46.9 Å². The van der Waals surface area contributed by atoms with Crippen LogP contribution in [0.5, 0.6) is 5.75 Å². The van der Waals surface area contributed by atoms with Gasteiger partial charge in [-0.15, -0.1) is 0 Å². The number of nitrogens with two attached hydrogens (primary N) is 1. The molecule has 1 atom stereocenters. The van der Waals surface area contributed by atoms with Gasteiger partial charge in [-0.05, 0) is 48.2 Å². The minimum atomic E-state index is -0.231. The fourth-order valence-corrected chi connectivity index (χ4v) is 2.86. The lowest BCUT2D eigenvalue weighted by molar-refractivity contribution is 0.303. The molecule has 0 heterocycles. The molecular formula is C16H15BrClNO. The third-order valence-corrected chi connectivity index (χ3v) is 4.18. The van der Waals surface area contributed by atoms with Gasteiger partial charge in [0.15, 0.2) is 0 Å². The lowest BCUT2D eigenvalue weighted by Crippen LogP contribution is -2.12. The van der Waals surface area contributed by atoms with E-state index in [2.05, 4.69) is 15.9 Å². The Balaban J connectivity index is 1.80. The molecule has 104 valence electrons. The molecule has 0 aromatic heterocycles. The van der Waals surface area contributed by atoms with Crippen LogP contribution in [0.3, 0.4) is 0 Å². The van der Waals surface area contributed by atoms with Gasteiger partial charge in [-0.25, -0.2) is 0 Å². The standard InChI is InChI=1S/C16H15BrClNO/c17-11-3-8-14(15(18)9-11)16(19)10-1-4-12(5-2-10)20-13-6-7-13/h1-5,8-9,13,16H,6-7,19H2. The third kappa shape index (κ3) is 3.17. The van der Waals surface area contributed by atoms with Gasteiger partial charge in [0, 0.05) is 9.50 Å². The molecule has 0 radical (unpaired) electrons. The lowest BCUT2D eigenvalue weighted by Gasteiger charge is -2.15. The summed E-state index contributed by atoms with van der Waals surface area (Å²) in [7, 11) is 0. The summed E-state index contributed by atoms with van der Waals surface area (Å²) < 4.78 is 6.68. The van der Waals surface area contributed by atoms with Crippen molar-refractivity contribution in [2.75, 3.05) is 0 Å². The van der Waals surface area contributed by atoms with Gasteiger partial charge in [0.05, 0.1) is 12.1 Å². The summed E-state index contributed by atoms with van der Waals surface area (Å²) in [6.07, 6.45) is 2.74. The molecule has 0 amide bonds. The first kappa shape index (κ1) is 13.9. The maximum absolute atomic E-state index is 6.29. The molecule has 1 fully saturated rings. The molecule has 2 aromatic carbocycles. The summed E-state index contributed by atoms with van der Waals surface area (Å²) in [6.45, 7) is 0. The smallest absolute Gasteiger partial charge is 0.119 e. The monoisotopic (exact) mass is 351 g/mol. The van der Waals surface area contributed by atoms with Crippen LogP contribution in [-0.2, 0) is 0 Å². The predicted octanol–water partition coefficient (Wildman–Crippen LogP) is 4.69. The van der Waals surface area contributed by atoms with E-state index in [0.29, 0.717) is 11.1 Å². The maximum atomic E-state index is 6.29. The van der Waals surface area contributed by atoms with Crippen molar-refractivity contribution in [3.63, 3.8) is 0 Å². The molecule has 3 rings (SSSR count). The van der Waals surface area contributed by atoms with E-state index in [1.165, 1.54) is 0 Å². The topological polar surface area (TPSA) is 35.2 Å². The Bertz CT molecular complexity index is 610. The van der Waals surface area contributed by atoms with Crippen molar-refractivity contribution >= 4 is 27.5 Å². The maximum Gasteiger partial charge on any atom is 0.119 e. The molecule has 1 unspecified atom stereocenters. The highest BCUT2D eigenvalue weighted by Crippen LogP contribution is 2.31. The molecule has 20 heavy (non-hydrogen) atoms. The second kappa shape index (κ2) is 5.76. The molecule has 1 aliphatic carbocycles. The average molecular weight is 353 g/mol. The summed E-state index contributed by atoms with van der Waals surface area (Å²) in [5, 5.41) is 0.671. The largest absolute Gasteiger partial charge is 0.490 e. The average Bonchev–Trinajstić information content (AvgIpc) is 3.23. The van der Waals surface area contributed by atoms with Gasteiger partial charge in [0.25, 0.3) is 0 Å². The summed E-state index contributed by atoms with van der Waals surface area (Å²) in [6, 6.07) is 13.5. The van der Waals surface area contributed by atoms with Crippen molar-refractivity contribution < 1.29 is 4.74 Å². The van der Waals surface area contributed by atoms with E-state index < -0.39 is 0 Å². The highest BCUT2D eigenvalue weighted by molar-refractivity contribution is 9.10. The van der Waals surface area contributed by atoms with E-state index in [4.69, 9.17) is 22.1 Å². The fraction of sp³-hybridized carbons (Fsp3) is 0.250. The quantitative estimate of drug-likeness (QED) is 0.866. The second-order valence-corrected chi connectivity index (χ2v) is 6.35. The van der Waals surface area contributed by atoms with E-state index in [0.717, 1.165) is 34.2 Å². The molecule has 0 spiro atoms. The van der Waals surface area contributed by atoms with Gasteiger partial charge >= 0.3 is 0 Å². The lowest BCUT2D eigenvalue weighted by atomic mass is 9.99. The number of benzene rings is 2. The zero-order valence-electron chi connectivity index (χ0n) is 10.9. The molecular weight excluding hydrogens is 338 g/mol. The van der Waals surface area contributed by atoms with Crippen LogP contribution in [0.25, 0.3) is 0 Å². The highest BCUT2D eigenvalue weighted by Gasteiger charge is 2.23. The van der Waals surface area contributed by atoms with Crippen molar-refractivity contribution in [2.45, 2.75) is 25.0 Å². The first-order valence-corrected chi connectivity index (χ1v) is 7.78. The summed E-state index contributed by atoms with van der Waals surface area (Å²) in [4.78, 5) is 0. The summed E-state index contributed by atoms with van der Waals surface area (Å²) in [5.41, 5.74) is 8.24. The van der Waals surface area contributed by atoms with Crippen LogP contribution in [-0.4, -0.2) is 6.10 Å². The van der Waals surface area contributed by atoms with Gasteiger partial charge in [0.2, 0.25) is 0 Å². The Morgan fingerprint density at radius 2 is 1.85 bits per heavy atom.